The monoisotopic (exact) mass is 321 g/mol. The van der Waals surface area contributed by atoms with Crippen molar-refractivity contribution in [3.05, 3.63) is 62.0 Å². The molecular weight excluding hydrogens is 309 g/mol. The first-order chi connectivity index (χ1) is 10.8. The quantitative estimate of drug-likeness (QED) is 0.595. The molecule has 1 aromatic heterocycles. The molecule has 0 unspecified atom stereocenters. The van der Waals surface area contributed by atoms with Crippen LogP contribution in [0.1, 0.15) is 20.7 Å². The van der Waals surface area contributed by atoms with Crippen LogP contribution in [0.5, 0.6) is 0 Å². The molecule has 0 amide bonds. The van der Waals surface area contributed by atoms with Crippen molar-refractivity contribution in [2.75, 3.05) is 12.3 Å². The molecule has 2 aromatic rings. The highest BCUT2D eigenvalue weighted by molar-refractivity contribution is 6.02. The Bertz CT molecular complexity index is 883. The minimum absolute atomic E-state index is 0.0431. The van der Waals surface area contributed by atoms with Gasteiger partial charge in [-0.25, -0.2) is 14.0 Å². The van der Waals surface area contributed by atoms with E-state index in [0.717, 1.165) is 16.7 Å². The number of aromatic amines is 1. The van der Waals surface area contributed by atoms with Crippen LogP contribution < -0.4 is 17.0 Å². The van der Waals surface area contributed by atoms with Crippen molar-refractivity contribution < 1.29 is 18.7 Å². The number of nitrogens with zero attached hydrogens (tertiary/aromatic N) is 1. The molecule has 1 aromatic carbocycles. The van der Waals surface area contributed by atoms with Crippen LogP contribution in [0.2, 0.25) is 0 Å². The number of nitrogens with one attached hydrogen (secondary N) is 1. The second-order valence-electron chi connectivity index (χ2n) is 4.58. The lowest BCUT2D eigenvalue weighted by Gasteiger charge is -2.08. The molecular formula is C14H12FN3O5. The smallest absolute Gasteiger partial charge is 0.338 e. The summed E-state index contributed by atoms with van der Waals surface area (Å²) in [7, 11) is 1.27. The molecule has 0 aliphatic rings. The molecule has 0 aliphatic heterocycles. The highest BCUT2D eigenvalue weighted by Crippen LogP contribution is 2.07. The third-order valence-corrected chi connectivity index (χ3v) is 3.06. The molecule has 23 heavy (non-hydrogen) atoms. The van der Waals surface area contributed by atoms with Crippen molar-refractivity contribution >= 4 is 17.6 Å². The highest BCUT2D eigenvalue weighted by Gasteiger charge is 2.20. The number of rotatable bonds is 4. The van der Waals surface area contributed by atoms with Crippen LogP contribution in [0.4, 0.5) is 10.2 Å². The van der Waals surface area contributed by atoms with Crippen molar-refractivity contribution in [3.8, 4) is 0 Å². The van der Waals surface area contributed by atoms with Crippen LogP contribution >= 0.6 is 0 Å². The Labute approximate surface area is 128 Å². The zero-order valence-electron chi connectivity index (χ0n) is 12.0. The van der Waals surface area contributed by atoms with E-state index in [1.54, 1.807) is 0 Å². The second kappa shape index (κ2) is 6.26. The number of nitrogen functional groups attached to an aromatic ring is 1. The Morgan fingerprint density at radius 2 is 1.87 bits per heavy atom. The van der Waals surface area contributed by atoms with Crippen LogP contribution in [0, 0.1) is 5.82 Å². The molecule has 2 rings (SSSR count). The summed E-state index contributed by atoms with van der Waals surface area (Å²) in [4.78, 5) is 48.6. The largest absolute Gasteiger partial charge is 0.454 e. The van der Waals surface area contributed by atoms with Gasteiger partial charge in [0.05, 0.1) is 5.56 Å². The minimum Gasteiger partial charge on any atom is -0.454 e. The lowest BCUT2D eigenvalue weighted by molar-refractivity contribution is 0.0474. The number of benzene rings is 1. The zero-order valence-corrected chi connectivity index (χ0v) is 12.0. The van der Waals surface area contributed by atoms with Crippen molar-refractivity contribution in [2.24, 2.45) is 7.05 Å². The average Bonchev–Trinajstić information content (AvgIpc) is 2.51. The van der Waals surface area contributed by atoms with E-state index in [4.69, 9.17) is 10.5 Å². The first kappa shape index (κ1) is 16.1. The normalized spacial score (nSPS) is 10.3. The number of nitrogens with two attached hydrogens (primary N) is 1. The van der Waals surface area contributed by atoms with Crippen LogP contribution in [-0.4, -0.2) is 27.9 Å². The van der Waals surface area contributed by atoms with Gasteiger partial charge >= 0.3 is 11.7 Å². The first-order valence-corrected chi connectivity index (χ1v) is 6.36. The first-order valence-electron chi connectivity index (χ1n) is 6.36. The number of ketones is 1. The van der Waals surface area contributed by atoms with Crippen molar-refractivity contribution in [1.82, 2.24) is 9.55 Å². The van der Waals surface area contributed by atoms with Gasteiger partial charge in [-0.15, -0.1) is 0 Å². The number of esters is 1. The number of hydrogen-bond donors (Lipinski definition) is 2. The van der Waals surface area contributed by atoms with E-state index in [9.17, 15) is 23.6 Å². The van der Waals surface area contributed by atoms with Crippen LogP contribution in [-0.2, 0) is 11.8 Å². The maximum absolute atomic E-state index is 12.8. The number of aromatic nitrogens is 2. The van der Waals surface area contributed by atoms with Gasteiger partial charge in [0.2, 0.25) is 5.78 Å². The van der Waals surface area contributed by atoms with Gasteiger partial charge in [-0.2, -0.15) is 0 Å². The molecule has 0 atom stereocenters. The van der Waals surface area contributed by atoms with E-state index in [1.807, 2.05) is 4.98 Å². The van der Waals surface area contributed by atoms with E-state index in [1.165, 1.54) is 19.2 Å². The van der Waals surface area contributed by atoms with Gasteiger partial charge in [0, 0.05) is 7.05 Å². The molecule has 0 spiro atoms. The van der Waals surface area contributed by atoms with E-state index in [-0.39, 0.29) is 11.4 Å². The fourth-order valence-corrected chi connectivity index (χ4v) is 1.78. The van der Waals surface area contributed by atoms with Gasteiger partial charge in [-0.1, -0.05) is 0 Å². The fourth-order valence-electron chi connectivity index (χ4n) is 1.78. The molecule has 0 radical (unpaired) electrons. The molecule has 3 N–H and O–H groups in total. The summed E-state index contributed by atoms with van der Waals surface area (Å²) >= 11 is 0. The second-order valence-corrected chi connectivity index (χ2v) is 4.58. The summed E-state index contributed by atoms with van der Waals surface area (Å²) in [6.45, 7) is -0.748. The van der Waals surface area contributed by atoms with E-state index < -0.39 is 41.0 Å². The SMILES string of the molecule is Cn1c(N)c(C(=O)COC(=O)c2ccc(F)cc2)c(=O)[nH]c1=O. The van der Waals surface area contributed by atoms with Crippen molar-refractivity contribution in [2.45, 2.75) is 0 Å². The number of anilines is 1. The average molecular weight is 321 g/mol. The Morgan fingerprint density at radius 1 is 1.26 bits per heavy atom. The van der Waals surface area contributed by atoms with E-state index >= 15 is 0 Å². The molecule has 0 bridgehead atoms. The Balaban J connectivity index is 2.16. The van der Waals surface area contributed by atoms with Gasteiger partial charge in [0.1, 0.15) is 17.2 Å². The van der Waals surface area contributed by atoms with Crippen LogP contribution in [0.25, 0.3) is 0 Å². The molecule has 1 heterocycles. The molecule has 0 aliphatic carbocycles. The maximum atomic E-state index is 12.8. The minimum atomic E-state index is -0.964. The van der Waals surface area contributed by atoms with Crippen LogP contribution in [0.3, 0.4) is 0 Å². The highest BCUT2D eigenvalue weighted by atomic mass is 19.1. The summed E-state index contributed by atoms with van der Waals surface area (Å²) in [5.74, 6) is -2.59. The third kappa shape index (κ3) is 3.34. The van der Waals surface area contributed by atoms with Gasteiger partial charge in [-0.3, -0.25) is 19.1 Å². The summed E-state index contributed by atoms with van der Waals surface area (Å²) in [5, 5.41) is 0. The summed E-state index contributed by atoms with van der Waals surface area (Å²) in [6, 6.07) is 4.51. The van der Waals surface area contributed by atoms with Gasteiger partial charge in [0.25, 0.3) is 5.56 Å². The molecule has 9 heteroatoms. The molecule has 0 saturated heterocycles. The Morgan fingerprint density at radius 3 is 2.48 bits per heavy atom. The lowest BCUT2D eigenvalue weighted by atomic mass is 10.2. The molecule has 120 valence electrons. The summed E-state index contributed by atoms with van der Waals surface area (Å²) in [6.07, 6.45) is 0. The number of carbonyl (C=O) groups excluding carboxylic acids is 2. The molecule has 0 fully saturated rings. The predicted octanol–water partition coefficient (Wildman–Crippen LogP) is -0.165. The van der Waals surface area contributed by atoms with Gasteiger partial charge in [0.15, 0.2) is 6.61 Å². The zero-order chi connectivity index (χ0) is 17.1. The topological polar surface area (TPSA) is 124 Å². The predicted molar refractivity (Wildman–Crippen MR) is 77.7 cm³/mol. The number of Topliss-reactive ketones (excluding diaryl/α,β-unsaturated/α-hetero) is 1. The number of H-pyrrole nitrogens is 1. The lowest BCUT2D eigenvalue weighted by Crippen LogP contribution is -2.35. The summed E-state index contributed by atoms with van der Waals surface area (Å²) in [5.41, 5.74) is 3.39. The summed E-state index contributed by atoms with van der Waals surface area (Å²) < 4.78 is 18.4. The third-order valence-electron chi connectivity index (χ3n) is 3.06. The van der Waals surface area contributed by atoms with E-state index in [2.05, 4.69) is 0 Å². The number of carbonyl (C=O) groups is 2. The Hall–Kier alpha value is -3.23. The number of ether oxygens (including phenoxy) is 1. The van der Waals surface area contributed by atoms with Crippen molar-refractivity contribution in [1.29, 1.82) is 0 Å². The van der Waals surface area contributed by atoms with Gasteiger partial charge < -0.3 is 10.5 Å². The Kier molecular flexibility index (Phi) is 4.39. The number of hydrogen-bond acceptors (Lipinski definition) is 6. The molecule has 8 nitrogen and oxygen atoms in total. The van der Waals surface area contributed by atoms with E-state index in [0.29, 0.717) is 0 Å². The number of halogens is 1. The standard InChI is InChI=1S/C14H12FN3O5/c1-18-11(16)10(12(20)17-14(18)22)9(19)6-23-13(21)7-2-4-8(15)5-3-7/h2-5H,6,16H2,1H3,(H,17,20,22). The van der Waals surface area contributed by atoms with Crippen LogP contribution in [0.15, 0.2) is 33.9 Å². The van der Waals surface area contributed by atoms with Crippen molar-refractivity contribution in [3.63, 3.8) is 0 Å². The maximum Gasteiger partial charge on any atom is 0.338 e. The fraction of sp³-hybridized carbons (Fsp3) is 0.143. The molecule has 0 saturated carbocycles. The van der Waals surface area contributed by atoms with Gasteiger partial charge in [-0.05, 0) is 24.3 Å².